The van der Waals surface area contributed by atoms with Gasteiger partial charge in [0.15, 0.2) is 0 Å². The van der Waals surface area contributed by atoms with Crippen LogP contribution in [0.25, 0.3) is 0 Å². The molecule has 0 saturated heterocycles. The fourth-order valence-electron chi connectivity index (χ4n) is 0.690. The van der Waals surface area contributed by atoms with Crippen LogP contribution in [0, 0.1) is 5.41 Å². The fraction of sp³-hybridized carbons (Fsp3) is 1.00. The van der Waals surface area contributed by atoms with Gasteiger partial charge in [-0.1, -0.05) is 6.92 Å². The van der Waals surface area contributed by atoms with Crippen molar-refractivity contribution in [2.75, 3.05) is 39.6 Å². The Morgan fingerprint density at radius 1 is 0.895 bits per heavy atom. The van der Waals surface area contributed by atoms with Gasteiger partial charge in [0, 0.05) is 18.6 Å². The number of hydrogen-bond donors (Lipinski definition) is 5. The first-order valence-electron chi connectivity index (χ1n) is 6.62. The van der Waals surface area contributed by atoms with E-state index in [1.54, 1.807) is 0 Å². The minimum atomic E-state index is -0.667. The van der Waals surface area contributed by atoms with Gasteiger partial charge in [-0.05, 0) is 27.2 Å². The molecule has 0 aromatic heterocycles. The van der Waals surface area contributed by atoms with Crippen molar-refractivity contribution in [2.45, 2.75) is 40.2 Å². The molecule has 0 radical (unpaired) electrons. The third kappa shape index (κ3) is 17.8. The van der Waals surface area contributed by atoms with E-state index in [0.717, 1.165) is 13.2 Å². The highest BCUT2D eigenvalue weighted by Gasteiger charge is 2.24. The number of aliphatic hydroxyl groups is 5. The summed E-state index contributed by atoms with van der Waals surface area (Å²) in [6.07, 6.45) is 0.0336. The van der Waals surface area contributed by atoms with E-state index in [1.165, 1.54) is 6.92 Å². The lowest BCUT2D eigenvalue weighted by atomic mass is 9.88. The van der Waals surface area contributed by atoms with E-state index >= 15 is 0 Å². The summed E-state index contributed by atoms with van der Waals surface area (Å²) in [7, 11) is 0. The molecule has 0 bridgehead atoms. The van der Waals surface area contributed by atoms with Crippen molar-refractivity contribution in [1.29, 1.82) is 0 Å². The first kappa shape index (κ1) is 23.8. The van der Waals surface area contributed by atoms with Gasteiger partial charge >= 0.3 is 0 Å². The molecule has 0 aromatic rings. The fourth-order valence-corrected chi connectivity index (χ4v) is 0.690. The molecule has 1 unspecified atom stereocenters. The zero-order valence-corrected chi connectivity index (χ0v) is 12.7. The molecule has 0 fully saturated rings. The van der Waals surface area contributed by atoms with E-state index in [1.807, 2.05) is 20.8 Å². The van der Waals surface area contributed by atoms with Gasteiger partial charge in [0.25, 0.3) is 0 Å². The van der Waals surface area contributed by atoms with Crippen molar-refractivity contribution >= 4 is 0 Å². The maximum atomic E-state index is 8.66. The Morgan fingerprint density at radius 2 is 1.21 bits per heavy atom. The zero-order valence-electron chi connectivity index (χ0n) is 12.7. The summed E-state index contributed by atoms with van der Waals surface area (Å²) in [6, 6.07) is 0. The van der Waals surface area contributed by atoms with Gasteiger partial charge in [-0.3, -0.25) is 0 Å². The van der Waals surface area contributed by atoms with Crippen molar-refractivity contribution in [3.05, 3.63) is 0 Å². The standard InChI is InChI=1S/C6H14O3.C4H10O.C3H8O2/c1-2-6(3-7,4-8)5-9;1-3-5-4-2;1-3(5)2-4/h7-9H,2-5H2,1H3;3-4H2,1-2H3;3-5H,2H2,1H3. The Hall–Kier alpha value is -0.240. The molecule has 0 aliphatic carbocycles. The quantitative estimate of drug-likeness (QED) is 0.441. The Labute approximate surface area is 116 Å². The smallest absolute Gasteiger partial charge is 0.0742 e. The van der Waals surface area contributed by atoms with Crippen molar-refractivity contribution in [2.24, 2.45) is 5.41 Å². The lowest BCUT2D eigenvalue weighted by Crippen LogP contribution is -2.32. The van der Waals surface area contributed by atoms with Crippen LogP contribution in [0.15, 0.2) is 0 Å². The molecule has 120 valence electrons. The Morgan fingerprint density at radius 3 is 1.21 bits per heavy atom. The summed E-state index contributed by atoms with van der Waals surface area (Å²) in [4.78, 5) is 0. The lowest BCUT2D eigenvalue weighted by molar-refractivity contribution is 0.00304. The van der Waals surface area contributed by atoms with Gasteiger partial charge in [0.05, 0.1) is 32.5 Å². The maximum Gasteiger partial charge on any atom is 0.0742 e. The number of ether oxygens (including phenoxy) is 1. The normalized spacial score (nSPS) is 11.8. The van der Waals surface area contributed by atoms with Gasteiger partial charge in [0.2, 0.25) is 0 Å². The highest BCUT2D eigenvalue weighted by molar-refractivity contribution is 4.74. The summed E-state index contributed by atoms with van der Waals surface area (Å²) in [6.45, 7) is 8.41. The molecule has 1 atom stereocenters. The average molecular weight is 284 g/mol. The highest BCUT2D eigenvalue weighted by Crippen LogP contribution is 2.18. The van der Waals surface area contributed by atoms with Crippen LogP contribution in [0.4, 0.5) is 0 Å². The molecule has 5 N–H and O–H groups in total. The molecule has 0 saturated carbocycles. The van der Waals surface area contributed by atoms with E-state index in [2.05, 4.69) is 0 Å². The first-order valence-corrected chi connectivity index (χ1v) is 6.62. The summed E-state index contributed by atoms with van der Waals surface area (Å²) in [5, 5.41) is 42.0. The van der Waals surface area contributed by atoms with Crippen LogP contribution in [-0.4, -0.2) is 71.3 Å². The van der Waals surface area contributed by atoms with Crippen molar-refractivity contribution in [1.82, 2.24) is 0 Å². The maximum absolute atomic E-state index is 8.66. The van der Waals surface area contributed by atoms with Gasteiger partial charge in [-0.2, -0.15) is 0 Å². The molecule has 19 heavy (non-hydrogen) atoms. The molecule has 0 aliphatic rings. The lowest BCUT2D eigenvalue weighted by Gasteiger charge is -2.24. The first-order chi connectivity index (χ1) is 8.93. The molecule has 0 heterocycles. The van der Waals surface area contributed by atoms with E-state index < -0.39 is 11.5 Å². The molecule has 0 amide bonds. The van der Waals surface area contributed by atoms with E-state index in [9.17, 15) is 0 Å². The number of hydrogen-bond acceptors (Lipinski definition) is 6. The largest absolute Gasteiger partial charge is 0.396 e. The SMILES string of the molecule is CC(O)CO.CCC(CO)(CO)CO.CCOCC. The predicted molar refractivity (Wildman–Crippen MR) is 74.9 cm³/mol. The van der Waals surface area contributed by atoms with E-state index in [0.29, 0.717) is 6.42 Å². The molecular formula is C13H32O6. The molecule has 0 spiro atoms. The van der Waals surface area contributed by atoms with Crippen molar-refractivity contribution < 1.29 is 30.3 Å². The number of aliphatic hydroxyl groups excluding tert-OH is 5. The number of rotatable bonds is 7. The average Bonchev–Trinajstić information content (AvgIpc) is 2.44. The summed E-state index contributed by atoms with van der Waals surface area (Å²) >= 11 is 0. The van der Waals surface area contributed by atoms with E-state index in [-0.39, 0.29) is 26.4 Å². The molecule has 0 aromatic carbocycles. The Bertz CT molecular complexity index is 129. The summed E-state index contributed by atoms with van der Waals surface area (Å²) in [5.74, 6) is 0. The van der Waals surface area contributed by atoms with E-state index in [4.69, 9.17) is 30.3 Å². The minimum absolute atomic E-state index is 0.139. The zero-order chi connectivity index (χ0) is 15.7. The van der Waals surface area contributed by atoms with Crippen LogP contribution in [0.1, 0.15) is 34.1 Å². The second-order valence-electron chi connectivity index (χ2n) is 4.14. The van der Waals surface area contributed by atoms with Crippen LogP contribution in [0.3, 0.4) is 0 Å². The van der Waals surface area contributed by atoms with Crippen LogP contribution in [0.2, 0.25) is 0 Å². The van der Waals surface area contributed by atoms with Gasteiger partial charge < -0.3 is 30.3 Å². The van der Waals surface area contributed by atoms with Crippen LogP contribution < -0.4 is 0 Å². The van der Waals surface area contributed by atoms with Gasteiger partial charge in [-0.15, -0.1) is 0 Å². The molecule has 0 rings (SSSR count). The summed E-state index contributed by atoms with van der Waals surface area (Å²) < 4.78 is 4.83. The Balaban J connectivity index is -0.000000219. The second-order valence-corrected chi connectivity index (χ2v) is 4.14. The third-order valence-corrected chi connectivity index (χ3v) is 2.43. The monoisotopic (exact) mass is 284 g/mol. The molecular weight excluding hydrogens is 252 g/mol. The van der Waals surface area contributed by atoms with Gasteiger partial charge in [-0.25, -0.2) is 0 Å². The second kappa shape index (κ2) is 17.8. The predicted octanol–water partition coefficient (Wildman–Crippen LogP) is -0.238. The molecule has 0 aliphatic heterocycles. The molecule has 6 heteroatoms. The van der Waals surface area contributed by atoms with Crippen LogP contribution >= 0.6 is 0 Å². The van der Waals surface area contributed by atoms with Crippen LogP contribution in [0.5, 0.6) is 0 Å². The van der Waals surface area contributed by atoms with Gasteiger partial charge in [0.1, 0.15) is 0 Å². The summed E-state index contributed by atoms with van der Waals surface area (Å²) in [5.41, 5.74) is -0.667. The minimum Gasteiger partial charge on any atom is -0.396 e. The van der Waals surface area contributed by atoms with Crippen LogP contribution in [-0.2, 0) is 4.74 Å². The topological polar surface area (TPSA) is 110 Å². The molecule has 6 nitrogen and oxygen atoms in total. The highest BCUT2D eigenvalue weighted by atomic mass is 16.5. The third-order valence-electron chi connectivity index (χ3n) is 2.43. The van der Waals surface area contributed by atoms with Crippen molar-refractivity contribution in [3.63, 3.8) is 0 Å². The van der Waals surface area contributed by atoms with Crippen molar-refractivity contribution in [3.8, 4) is 0 Å². The Kier molecular flexibility index (Phi) is 22.3.